The molecule has 116 valence electrons. The lowest BCUT2D eigenvalue weighted by Crippen LogP contribution is -2.12. The predicted molar refractivity (Wildman–Crippen MR) is 96.4 cm³/mol. The summed E-state index contributed by atoms with van der Waals surface area (Å²) in [4.78, 5) is 16.6. The van der Waals surface area contributed by atoms with Gasteiger partial charge in [0.25, 0.3) is 5.91 Å². The van der Waals surface area contributed by atoms with Gasteiger partial charge in [0.2, 0.25) is 0 Å². The number of benzene rings is 2. The minimum Gasteiger partial charge on any atom is -0.396 e. The van der Waals surface area contributed by atoms with Crippen molar-refractivity contribution in [1.29, 1.82) is 0 Å². The average Bonchev–Trinajstić information content (AvgIpc) is 3.03. The molecule has 0 saturated carbocycles. The topological polar surface area (TPSA) is 68.0 Å². The van der Waals surface area contributed by atoms with Gasteiger partial charge in [-0.05, 0) is 12.1 Å². The van der Waals surface area contributed by atoms with Crippen LogP contribution < -0.4 is 11.1 Å². The molecule has 0 radical (unpaired) electrons. The molecule has 0 spiro atoms. The normalized spacial score (nSPS) is 10.5. The zero-order valence-electron chi connectivity index (χ0n) is 11.7. The minimum atomic E-state index is -0.333. The van der Waals surface area contributed by atoms with Gasteiger partial charge in [-0.3, -0.25) is 4.79 Å². The quantitative estimate of drug-likeness (QED) is 0.646. The fourth-order valence-corrected chi connectivity index (χ4v) is 3.24. The summed E-state index contributed by atoms with van der Waals surface area (Å²) < 4.78 is 0. The van der Waals surface area contributed by atoms with Gasteiger partial charge in [-0.25, -0.2) is 4.98 Å². The standard InChI is InChI=1S/C16H11Cl2N3OS/c17-11-6-10(7-12(18)14(11)19)20-15(22)13-8-23-16(21-13)9-4-2-1-3-5-9/h1-8H,19H2,(H,20,22). The highest BCUT2D eigenvalue weighted by Gasteiger charge is 2.13. The van der Waals surface area contributed by atoms with Crippen molar-refractivity contribution < 1.29 is 4.79 Å². The fourth-order valence-electron chi connectivity index (χ4n) is 1.94. The summed E-state index contributed by atoms with van der Waals surface area (Å²) >= 11 is 13.3. The molecule has 7 heteroatoms. The maximum Gasteiger partial charge on any atom is 0.275 e. The molecule has 3 aromatic rings. The van der Waals surface area contributed by atoms with E-state index in [0.29, 0.717) is 11.4 Å². The number of nitrogens with zero attached hydrogens (tertiary/aromatic N) is 1. The Bertz CT molecular complexity index is 842. The van der Waals surface area contributed by atoms with E-state index in [0.717, 1.165) is 10.6 Å². The largest absolute Gasteiger partial charge is 0.396 e. The first-order valence-corrected chi connectivity index (χ1v) is 8.25. The molecule has 0 fully saturated rings. The number of anilines is 2. The van der Waals surface area contributed by atoms with E-state index in [-0.39, 0.29) is 21.6 Å². The van der Waals surface area contributed by atoms with E-state index in [4.69, 9.17) is 28.9 Å². The first kappa shape index (κ1) is 15.8. The molecule has 0 unspecified atom stereocenters. The molecule has 1 aromatic heterocycles. The first-order valence-electron chi connectivity index (χ1n) is 6.61. The maximum absolute atomic E-state index is 12.3. The predicted octanol–water partition coefficient (Wildman–Crippen LogP) is 4.95. The third-order valence-electron chi connectivity index (χ3n) is 3.09. The summed E-state index contributed by atoms with van der Waals surface area (Å²) in [5.41, 5.74) is 7.72. The first-order chi connectivity index (χ1) is 11.0. The highest BCUT2D eigenvalue weighted by molar-refractivity contribution is 7.13. The van der Waals surface area contributed by atoms with Gasteiger partial charge in [-0.15, -0.1) is 11.3 Å². The number of halogens is 2. The number of amides is 1. The Labute approximate surface area is 146 Å². The molecular formula is C16H11Cl2N3OS. The number of hydrogen-bond acceptors (Lipinski definition) is 4. The van der Waals surface area contributed by atoms with E-state index in [9.17, 15) is 4.79 Å². The van der Waals surface area contributed by atoms with Crippen molar-refractivity contribution in [3.8, 4) is 10.6 Å². The van der Waals surface area contributed by atoms with Gasteiger partial charge in [0, 0.05) is 16.6 Å². The number of nitrogen functional groups attached to an aromatic ring is 1. The molecule has 1 heterocycles. The van der Waals surface area contributed by atoms with Crippen LogP contribution in [-0.4, -0.2) is 10.9 Å². The summed E-state index contributed by atoms with van der Waals surface area (Å²) in [6, 6.07) is 12.8. The van der Waals surface area contributed by atoms with Gasteiger partial charge in [-0.2, -0.15) is 0 Å². The molecule has 23 heavy (non-hydrogen) atoms. The highest BCUT2D eigenvalue weighted by atomic mass is 35.5. The second-order valence-corrected chi connectivity index (χ2v) is 6.38. The third-order valence-corrected chi connectivity index (χ3v) is 4.61. The van der Waals surface area contributed by atoms with Crippen molar-refractivity contribution in [3.63, 3.8) is 0 Å². The molecule has 3 N–H and O–H groups in total. The number of carbonyl (C=O) groups is 1. The van der Waals surface area contributed by atoms with E-state index >= 15 is 0 Å². The Morgan fingerprint density at radius 3 is 2.43 bits per heavy atom. The zero-order valence-corrected chi connectivity index (χ0v) is 14.0. The second kappa shape index (κ2) is 6.58. The van der Waals surface area contributed by atoms with Crippen LogP contribution in [0.4, 0.5) is 11.4 Å². The van der Waals surface area contributed by atoms with Gasteiger partial charge in [0.1, 0.15) is 10.7 Å². The molecule has 3 rings (SSSR count). The van der Waals surface area contributed by atoms with Crippen molar-refractivity contribution in [2.24, 2.45) is 0 Å². The number of aromatic nitrogens is 1. The monoisotopic (exact) mass is 363 g/mol. The molecule has 0 bridgehead atoms. The van der Waals surface area contributed by atoms with E-state index < -0.39 is 0 Å². The van der Waals surface area contributed by atoms with Gasteiger partial charge < -0.3 is 11.1 Å². The zero-order chi connectivity index (χ0) is 16.4. The van der Waals surface area contributed by atoms with Crippen molar-refractivity contribution in [1.82, 2.24) is 4.98 Å². The molecule has 1 amide bonds. The average molecular weight is 364 g/mol. The summed E-state index contributed by atoms with van der Waals surface area (Å²) in [6.45, 7) is 0. The van der Waals surface area contributed by atoms with E-state index in [1.807, 2.05) is 30.3 Å². The Hall–Kier alpha value is -2.08. The van der Waals surface area contributed by atoms with Crippen molar-refractivity contribution in [2.45, 2.75) is 0 Å². The fraction of sp³-hybridized carbons (Fsp3) is 0. The van der Waals surface area contributed by atoms with Crippen LogP contribution in [0.25, 0.3) is 10.6 Å². The molecule has 0 saturated heterocycles. The molecule has 0 aliphatic carbocycles. The van der Waals surface area contributed by atoms with E-state index in [2.05, 4.69) is 10.3 Å². The van der Waals surface area contributed by atoms with E-state index in [1.165, 1.54) is 11.3 Å². The number of nitrogens with one attached hydrogen (secondary N) is 1. The van der Waals surface area contributed by atoms with Crippen LogP contribution in [0.5, 0.6) is 0 Å². The van der Waals surface area contributed by atoms with Gasteiger partial charge in [0.15, 0.2) is 0 Å². The smallest absolute Gasteiger partial charge is 0.275 e. The molecular weight excluding hydrogens is 353 g/mol. The molecule has 4 nitrogen and oxygen atoms in total. The lowest BCUT2D eigenvalue weighted by molar-refractivity contribution is 0.102. The maximum atomic E-state index is 12.3. The van der Waals surface area contributed by atoms with Gasteiger partial charge >= 0.3 is 0 Å². The number of hydrogen-bond donors (Lipinski definition) is 2. The van der Waals surface area contributed by atoms with Gasteiger partial charge in [-0.1, -0.05) is 53.5 Å². The summed E-state index contributed by atoms with van der Waals surface area (Å²) in [7, 11) is 0. The molecule has 0 atom stereocenters. The minimum absolute atomic E-state index is 0.284. The number of carbonyl (C=O) groups excluding carboxylic acids is 1. The summed E-state index contributed by atoms with van der Waals surface area (Å²) in [6.07, 6.45) is 0. The third kappa shape index (κ3) is 3.47. The number of rotatable bonds is 3. The Kier molecular flexibility index (Phi) is 4.52. The van der Waals surface area contributed by atoms with Crippen LogP contribution in [0.3, 0.4) is 0 Å². The Morgan fingerprint density at radius 2 is 1.78 bits per heavy atom. The Balaban J connectivity index is 1.81. The van der Waals surface area contributed by atoms with Crippen LogP contribution in [0.2, 0.25) is 10.0 Å². The molecule has 0 aliphatic rings. The van der Waals surface area contributed by atoms with E-state index in [1.54, 1.807) is 17.5 Å². The lowest BCUT2D eigenvalue weighted by Gasteiger charge is -2.07. The SMILES string of the molecule is Nc1c(Cl)cc(NC(=O)c2csc(-c3ccccc3)n2)cc1Cl. The van der Waals surface area contributed by atoms with Crippen LogP contribution >= 0.6 is 34.5 Å². The highest BCUT2D eigenvalue weighted by Crippen LogP contribution is 2.31. The van der Waals surface area contributed by atoms with Crippen molar-refractivity contribution in [3.05, 3.63) is 63.6 Å². The molecule has 0 aliphatic heterocycles. The number of thiazole rings is 1. The van der Waals surface area contributed by atoms with Crippen LogP contribution in [0, 0.1) is 0 Å². The van der Waals surface area contributed by atoms with Gasteiger partial charge in [0.05, 0.1) is 15.7 Å². The van der Waals surface area contributed by atoms with Crippen LogP contribution in [-0.2, 0) is 0 Å². The summed E-state index contributed by atoms with van der Waals surface area (Å²) in [5.74, 6) is -0.333. The summed E-state index contributed by atoms with van der Waals surface area (Å²) in [5, 5.41) is 5.78. The lowest BCUT2D eigenvalue weighted by atomic mass is 10.2. The van der Waals surface area contributed by atoms with Crippen LogP contribution in [0.15, 0.2) is 47.8 Å². The van der Waals surface area contributed by atoms with Crippen LogP contribution in [0.1, 0.15) is 10.5 Å². The molecule has 2 aromatic carbocycles. The second-order valence-electron chi connectivity index (χ2n) is 4.71. The number of nitrogens with two attached hydrogens (primary N) is 1. The van der Waals surface area contributed by atoms with Crippen molar-refractivity contribution in [2.75, 3.05) is 11.1 Å². The Morgan fingerprint density at radius 1 is 1.13 bits per heavy atom. The van der Waals surface area contributed by atoms with Crippen molar-refractivity contribution >= 4 is 51.8 Å².